The van der Waals surface area contributed by atoms with E-state index in [-0.39, 0.29) is 17.5 Å². The second-order valence-corrected chi connectivity index (χ2v) is 9.26. The quantitative estimate of drug-likeness (QED) is 0.230. The molecule has 2 amide bonds. The fourth-order valence-electron chi connectivity index (χ4n) is 2.59. The van der Waals surface area contributed by atoms with Crippen LogP contribution in [0.4, 0.5) is 4.79 Å². The molecule has 0 aliphatic rings. The Kier molecular flexibility index (Phi) is 9.61. The van der Waals surface area contributed by atoms with Crippen molar-refractivity contribution in [3.63, 3.8) is 0 Å². The molecule has 174 valence electrons. The summed E-state index contributed by atoms with van der Waals surface area (Å²) >= 11 is 0. The number of rotatable bonds is 9. The Morgan fingerprint density at radius 3 is 2.16 bits per heavy atom. The van der Waals surface area contributed by atoms with Crippen molar-refractivity contribution in [1.29, 1.82) is 5.41 Å². The van der Waals surface area contributed by atoms with E-state index in [0.717, 1.165) is 11.3 Å². The molecule has 0 spiro atoms. The van der Waals surface area contributed by atoms with Crippen LogP contribution in [0.1, 0.15) is 59.9 Å². The predicted octanol–water partition coefficient (Wildman–Crippen LogP) is 2.64. The van der Waals surface area contributed by atoms with Gasteiger partial charge in [-0.3, -0.25) is 10.2 Å². The molecule has 31 heavy (non-hydrogen) atoms. The molecule has 0 bridgehead atoms. The summed E-state index contributed by atoms with van der Waals surface area (Å²) in [4.78, 5) is 24.9. The van der Waals surface area contributed by atoms with Gasteiger partial charge in [0.05, 0.1) is 0 Å². The van der Waals surface area contributed by atoms with E-state index in [9.17, 15) is 9.59 Å². The minimum Gasteiger partial charge on any atom is -0.488 e. The topological polar surface area (TPSA) is 139 Å². The maximum absolute atomic E-state index is 12.7. The third-order valence-corrected chi connectivity index (χ3v) is 3.81. The molecule has 1 aromatic rings. The maximum atomic E-state index is 12.7. The van der Waals surface area contributed by atoms with Gasteiger partial charge in [0.1, 0.15) is 23.0 Å². The van der Waals surface area contributed by atoms with Crippen LogP contribution < -0.4 is 26.4 Å². The number of benzene rings is 1. The zero-order valence-corrected chi connectivity index (χ0v) is 19.4. The molecular formula is C22H37N5O4. The van der Waals surface area contributed by atoms with Crippen LogP contribution in [-0.2, 0) is 16.1 Å². The molecule has 6 N–H and O–H groups in total. The van der Waals surface area contributed by atoms with Crippen LogP contribution in [0.15, 0.2) is 24.3 Å². The van der Waals surface area contributed by atoms with Crippen LogP contribution in [0.2, 0.25) is 0 Å². The number of guanidine groups is 1. The monoisotopic (exact) mass is 435 g/mol. The molecule has 0 aliphatic carbocycles. The van der Waals surface area contributed by atoms with Gasteiger partial charge in [0.15, 0.2) is 5.96 Å². The average molecular weight is 436 g/mol. The lowest BCUT2D eigenvalue weighted by Gasteiger charge is -2.23. The fraction of sp³-hybridized carbons (Fsp3) is 0.591. The van der Waals surface area contributed by atoms with Gasteiger partial charge in [-0.1, -0.05) is 12.1 Å². The van der Waals surface area contributed by atoms with Gasteiger partial charge in [-0.15, -0.1) is 0 Å². The van der Waals surface area contributed by atoms with E-state index >= 15 is 0 Å². The second kappa shape index (κ2) is 11.4. The number of hydrogen-bond donors (Lipinski definition) is 5. The van der Waals surface area contributed by atoms with Crippen molar-refractivity contribution in [3.8, 4) is 5.75 Å². The van der Waals surface area contributed by atoms with E-state index in [1.54, 1.807) is 20.8 Å². The zero-order valence-electron chi connectivity index (χ0n) is 19.4. The van der Waals surface area contributed by atoms with Crippen LogP contribution in [0.5, 0.6) is 5.75 Å². The van der Waals surface area contributed by atoms with E-state index in [1.807, 2.05) is 45.0 Å². The standard InChI is InChI=1S/C22H37N5O4/c1-21(2,3)30-16-11-9-15(10-12-16)14-26-18(28)17(8-7-13-25-19(23)24)27-20(29)31-22(4,5)6/h9-12,17H,7-8,13-14H2,1-6H3,(H,26,28)(H,27,29)(H4,23,24,25)/t17-/m1/s1. The normalized spacial score (nSPS) is 12.5. The highest BCUT2D eigenvalue weighted by Crippen LogP contribution is 2.18. The van der Waals surface area contributed by atoms with Crippen LogP contribution >= 0.6 is 0 Å². The third-order valence-electron chi connectivity index (χ3n) is 3.81. The summed E-state index contributed by atoms with van der Waals surface area (Å²) in [5.74, 6) is 0.300. The van der Waals surface area contributed by atoms with Crippen molar-refractivity contribution in [2.45, 2.75) is 78.2 Å². The van der Waals surface area contributed by atoms with Gasteiger partial charge < -0.3 is 31.2 Å². The summed E-state index contributed by atoms with van der Waals surface area (Å²) in [6.45, 7) is 11.9. The van der Waals surface area contributed by atoms with Crippen molar-refractivity contribution < 1.29 is 19.1 Å². The van der Waals surface area contributed by atoms with Gasteiger partial charge >= 0.3 is 6.09 Å². The zero-order chi connectivity index (χ0) is 23.7. The Labute approximate surface area is 184 Å². The smallest absolute Gasteiger partial charge is 0.408 e. The largest absolute Gasteiger partial charge is 0.488 e. The predicted molar refractivity (Wildman–Crippen MR) is 121 cm³/mol. The van der Waals surface area contributed by atoms with Crippen molar-refractivity contribution in [1.82, 2.24) is 16.0 Å². The van der Waals surface area contributed by atoms with Gasteiger partial charge in [-0.25, -0.2) is 4.79 Å². The minimum atomic E-state index is -0.771. The summed E-state index contributed by atoms with van der Waals surface area (Å²) in [5, 5.41) is 15.3. The van der Waals surface area contributed by atoms with E-state index in [0.29, 0.717) is 25.9 Å². The Morgan fingerprint density at radius 1 is 1.03 bits per heavy atom. The highest BCUT2D eigenvalue weighted by atomic mass is 16.6. The Hall–Kier alpha value is -2.97. The molecule has 1 rings (SSSR count). The molecule has 0 saturated carbocycles. The first-order valence-electron chi connectivity index (χ1n) is 10.4. The lowest BCUT2D eigenvalue weighted by Crippen LogP contribution is -2.48. The molecule has 0 saturated heterocycles. The molecular weight excluding hydrogens is 398 g/mol. The number of amides is 2. The lowest BCUT2D eigenvalue weighted by atomic mass is 10.1. The van der Waals surface area contributed by atoms with Gasteiger partial charge in [-0.2, -0.15) is 0 Å². The molecule has 0 heterocycles. The first kappa shape index (κ1) is 26.1. The van der Waals surface area contributed by atoms with Gasteiger partial charge in [0.25, 0.3) is 0 Å². The van der Waals surface area contributed by atoms with Crippen molar-refractivity contribution in [3.05, 3.63) is 29.8 Å². The Bertz CT molecular complexity index is 736. The highest BCUT2D eigenvalue weighted by molar-refractivity contribution is 5.85. The molecule has 0 aromatic heterocycles. The summed E-state index contributed by atoms with van der Waals surface area (Å²) in [6.07, 6.45) is 0.242. The summed E-state index contributed by atoms with van der Waals surface area (Å²) < 4.78 is 11.1. The number of carbonyl (C=O) groups excluding carboxylic acids is 2. The first-order valence-corrected chi connectivity index (χ1v) is 10.4. The number of hydrogen-bond acceptors (Lipinski definition) is 5. The number of ether oxygens (including phenoxy) is 2. The molecule has 0 unspecified atom stereocenters. The first-order chi connectivity index (χ1) is 14.2. The van der Waals surface area contributed by atoms with Crippen molar-refractivity contribution >= 4 is 18.0 Å². The number of nitrogens with two attached hydrogens (primary N) is 1. The molecule has 1 atom stereocenters. The second-order valence-electron chi connectivity index (χ2n) is 9.26. The molecule has 9 heteroatoms. The third kappa shape index (κ3) is 12.3. The molecule has 9 nitrogen and oxygen atoms in total. The molecule has 0 radical (unpaired) electrons. The van der Waals surface area contributed by atoms with Gasteiger partial charge in [-0.05, 0) is 72.1 Å². The van der Waals surface area contributed by atoms with E-state index in [1.165, 1.54) is 0 Å². The minimum absolute atomic E-state index is 0.139. The summed E-state index contributed by atoms with van der Waals surface area (Å²) in [6, 6.07) is 6.71. The number of alkyl carbamates (subject to hydrolysis) is 1. The van der Waals surface area contributed by atoms with Crippen molar-refractivity contribution in [2.75, 3.05) is 6.54 Å². The number of carbonyl (C=O) groups is 2. The molecule has 1 aromatic carbocycles. The Morgan fingerprint density at radius 2 is 1.65 bits per heavy atom. The lowest BCUT2D eigenvalue weighted by molar-refractivity contribution is -0.123. The number of nitrogens with one attached hydrogen (secondary N) is 4. The summed E-state index contributed by atoms with van der Waals surface area (Å²) in [5.41, 5.74) is 5.22. The fourth-order valence-corrected chi connectivity index (χ4v) is 2.59. The van der Waals surface area contributed by atoms with Crippen LogP contribution in [0.3, 0.4) is 0 Å². The van der Waals surface area contributed by atoms with Gasteiger partial charge in [0, 0.05) is 13.1 Å². The van der Waals surface area contributed by atoms with Crippen LogP contribution in [0, 0.1) is 5.41 Å². The average Bonchev–Trinajstić information content (AvgIpc) is 2.60. The van der Waals surface area contributed by atoms with Gasteiger partial charge in [0.2, 0.25) is 5.91 Å². The molecule has 0 fully saturated rings. The van der Waals surface area contributed by atoms with Crippen LogP contribution in [-0.4, -0.2) is 41.7 Å². The summed E-state index contributed by atoms with van der Waals surface area (Å²) in [7, 11) is 0. The van der Waals surface area contributed by atoms with E-state index in [2.05, 4.69) is 16.0 Å². The van der Waals surface area contributed by atoms with Crippen molar-refractivity contribution in [2.24, 2.45) is 5.73 Å². The van der Waals surface area contributed by atoms with E-state index < -0.39 is 17.7 Å². The molecule has 0 aliphatic heterocycles. The Balaban J connectivity index is 2.67. The SMILES string of the molecule is CC(C)(C)OC(=O)N[C@H](CCCNC(=N)N)C(=O)NCc1ccc(OC(C)(C)C)cc1. The maximum Gasteiger partial charge on any atom is 0.408 e. The van der Waals surface area contributed by atoms with Crippen LogP contribution in [0.25, 0.3) is 0 Å². The van der Waals surface area contributed by atoms with E-state index in [4.69, 9.17) is 20.6 Å². The highest BCUT2D eigenvalue weighted by Gasteiger charge is 2.24.